The number of ether oxygens (including phenoxy) is 1. The van der Waals surface area contributed by atoms with E-state index in [1.807, 2.05) is 0 Å². The van der Waals surface area contributed by atoms with Crippen molar-refractivity contribution in [2.24, 2.45) is 0 Å². The molecule has 1 saturated heterocycles. The monoisotopic (exact) mass is 368 g/mol. The van der Waals surface area contributed by atoms with Crippen LogP contribution in [0.5, 0.6) is 0 Å². The molecule has 144 valence electrons. The van der Waals surface area contributed by atoms with Crippen LogP contribution in [-0.4, -0.2) is 42.2 Å². The lowest BCUT2D eigenvalue weighted by Crippen LogP contribution is -2.36. The molecule has 1 aliphatic rings. The lowest BCUT2D eigenvalue weighted by atomic mass is 9.92. The third-order valence-corrected chi connectivity index (χ3v) is 4.82. The van der Waals surface area contributed by atoms with Gasteiger partial charge in [0.05, 0.1) is 25.6 Å². The first-order chi connectivity index (χ1) is 13.0. The number of anilines is 2. The van der Waals surface area contributed by atoms with Gasteiger partial charge in [-0.3, -0.25) is 4.79 Å². The zero-order valence-electron chi connectivity index (χ0n) is 16.5. The molecule has 27 heavy (non-hydrogen) atoms. The van der Waals surface area contributed by atoms with Crippen LogP contribution in [0.15, 0.2) is 30.6 Å². The fourth-order valence-corrected chi connectivity index (χ4v) is 3.27. The maximum absolute atomic E-state index is 12.8. The highest BCUT2D eigenvalue weighted by Gasteiger charge is 2.18. The summed E-state index contributed by atoms with van der Waals surface area (Å²) < 4.78 is 5.36. The van der Waals surface area contributed by atoms with Crippen LogP contribution in [0.4, 0.5) is 11.5 Å². The number of morpholine rings is 1. The van der Waals surface area contributed by atoms with Crippen LogP contribution < -0.4 is 10.2 Å². The van der Waals surface area contributed by atoms with Gasteiger partial charge in [-0.25, -0.2) is 9.97 Å². The first-order valence-electron chi connectivity index (χ1n) is 9.56. The number of hydrogen-bond acceptors (Lipinski definition) is 5. The molecule has 0 bridgehead atoms. The molecule has 1 amide bonds. The highest BCUT2D eigenvalue weighted by molar-refractivity contribution is 6.03. The number of rotatable bonds is 5. The first kappa shape index (κ1) is 19.3. The van der Waals surface area contributed by atoms with Gasteiger partial charge in [-0.2, -0.15) is 0 Å². The Morgan fingerprint density at radius 1 is 1.04 bits per heavy atom. The summed E-state index contributed by atoms with van der Waals surface area (Å²) in [6, 6.07) is 6.19. The van der Waals surface area contributed by atoms with Gasteiger partial charge in [0.2, 0.25) is 0 Å². The molecule has 2 heterocycles. The van der Waals surface area contributed by atoms with Gasteiger partial charge >= 0.3 is 0 Å². The van der Waals surface area contributed by atoms with Crippen LogP contribution in [-0.2, 0) is 4.74 Å². The number of para-hydroxylation sites is 1. The summed E-state index contributed by atoms with van der Waals surface area (Å²) in [5, 5.41) is 3.08. The summed E-state index contributed by atoms with van der Waals surface area (Å²) in [5.74, 6) is 1.17. The number of nitrogens with zero attached hydrogens (tertiary/aromatic N) is 3. The summed E-state index contributed by atoms with van der Waals surface area (Å²) >= 11 is 0. The Morgan fingerprint density at radius 3 is 2.19 bits per heavy atom. The second-order valence-corrected chi connectivity index (χ2v) is 7.43. The number of carbonyl (C=O) groups excluding carboxylic acids is 1. The lowest BCUT2D eigenvalue weighted by Gasteiger charge is -2.27. The van der Waals surface area contributed by atoms with E-state index in [0.29, 0.717) is 30.7 Å². The Bertz CT molecular complexity index is 755. The molecule has 0 radical (unpaired) electrons. The van der Waals surface area contributed by atoms with Crippen molar-refractivity contribution in [3.05, 3.63) is 47.4 Å². The topological polar surface area (TPSA) is 67.4 Å². The standard InChI is InChI=1S/C21H28N4O2/c1-14(2)16-6-5-7-17(15(3)4)20(16)24-21(26)18-12-23-19(13-22-18)25-8-10-27-11-9-25/h5-7,12-15H,8-11H2,1-4H3,(H,24,26). The molecule has 0 atom stereocenters. The molecular formula is C21H28N4O2. The fraction of sp³-hybridized carbons (Fsp3) is 0.476. The van der Waals surface area contributed by atoms with E-state index in [4.69, 9.17) is 4.74 Å². The van der Waals surface area contributed by atoms with E-state index in [1.165, 1.54) is 0 Å². The number of carbonyl (C=O) groups is 1. The molecule has 6 heteroatoms. The van der Waals surface area contributed by atoms with E-state index in [-0.39, 0.29) is 5.91 Å². The third kappa shape index (κ3) is 4.45. The van der Waals surface area contributed by atoms with Crippen molar-refractivity contribution in [1.82, 2.24) is 9.97 Å². The van der Waals surface area contributed by atoms with Gasteiger partial charge in [-0.15, -0.1) is 0 Å². The maximum Gasteiger partial charge on any atom is 0.275 e. The SMILES string of the molecule is CC(C)c1cccc(C(C)C)c1NC(=O)c1cnc(N2CCOCC2)cn1. The average molecular weight is 368 g/mol. The molecule has 3 rings (SSSR count). The minimum Gasteiger partial charge on any atom is -0.378 e. The van der Waals surface area contributed by atoms with Crippen LogP contribution in [0.25, 0.3) is 0 Å². The number of nitrogens with one attached hydrogen (secondary N) is 1. The van der Waals surface area contributed by atoms with E-state index in [0.717, 1.165) is 35.7 Å². The van der Waals surface area contributed by atoms with Gasteiger partial charge in [0.1, 0.15) is 11.5 Å². The molecular weight excluding hydrogens is 340 g/mol. The average Bonchev–Trinajstić information content (AvgIpc) is 2.68. The summed E-state index contributed by atoms with van der Waals surface area (Å²) in [6.45, 7) is 11.5. The predicted molar refractivity (Wildman–Crippen MR) is 108 cm³/mol. The molecule has 1 aromatic carbocycles. The second-order valence-electron chi connectivity index (χ2n) is 7.43. The van der Waals surface area contributed by atoms with Crippen LogP contribution in [0.1, 0.15) is 61.1 Å². The van der Waals surface area contributed by atoms with Crippen molar-refractivity contribution in [2.75, 3.05) is 36.5 Å². The van der Waals surface area contributed by atoms with E-state index >= 15 is 0 Å². The first-order valence-corrected chi connectivity index (χ1v) is 9.56. The van der Waals surface area contributed by atoms with Gasteiger partial charge in [-0.1, -0.05) is 45.9 Å². The summed E-state index contributed by atoms with van der Waals surface area (Å²) in [5.41, 5.74) is 3.48. The van der Waals surface area contributed by atoms with Gasteiger partial charge in [0.15, 0.2) is 0 Å². The van der Waals surface area contributed by atoms with Crippen LogP contribution in [0.3, 0.4) is 0 Å². The third-order valence-electron chi connectivity index (χ3n) is 4.82. The summed E-state index contributed by atoms with van der Waals surface area (Å²) in [4.78, 5) is 23.7. The molecule has 0 unspecified atom stereocenters. The van der Waals surface area contributed by atoms with E-state index in [1.54, 1.807) is 12.4 Å². The van der Waals surface area contributed by atoms with Gasteiger partial charge in [0, 0.05) is 18.8 Å². The molecule has 1 fully saturated rings. The molecule has 0 saturated carbocycles. The quantitative estimate of drug-likeness (QED) is 0.869. The minimum absolute atomic E-state index is 0.231. The zero-order chi connectivity index (χ0) is 19.4. The predicted octanol–water partition coefficient (Wildman–Crippen LogP) is 3.81. The molecule has 1 aromatic heterocycles. The van der Waals surface area contributed by atoms with Crippen molar-refractivity contribution in [1.29, 1.82) is 0 Å². The van der Waals surface area contributed by atoms with Crippen molar-refractivity contribution in [2.45, 2.75) is 39.5 Å². The van der Waals surface area contributed by atoms with Crippen molar-refractivity contribution in [3.8, 4) is 0 Å². The van der Waals surface area contributed by atoms with E-state index in [9.17, 15) is 4.79 Å². The smallest absolute Gasteiger partial charge is 0.275 e. The van der Waals surface area contributed by atoms with E-state index < -0.39 is 0 Å². The van der Waals surface area contributed by atoms with Crippen LogP contribution in [0, 0.1) is 0 Å². The lowest BCUT2D eigenvalue weighted by molar-refractivity contribution is 0.102. The summed E-state index contributed by atoms with van der Waals surface area (Å²) in [7, 11) is 0. The normalized spacial score (nSPS) is 14.7. The molecule has 2 aromatic rings. The second kappa shape index (κ2) is 8.48. The van der Waals surface area contributed by atoms with Crippen molar-refractivity contribution >= 4 is 17.4 Å². The van der Waals surface area contributed by atoms with Gasteiger partial charge < -0.3 is 15.0 Å². The summed E-state index contributed by atoms with van der Waals surface area (Å²) in [6.07, 6.45) is 3.21. The minimum atomic E-state index is -0.231. The largest absolute Gasteiger partial charge is 0.378 e. The number of hydrogen-bond donors (Lipinski definition) is 1. The molecule has 0 spiro atoms. The fourth-order valence-electron chi connectivity index (χ4n) is 3.27. The van der Waals surface area contributed by atoms with Crippen molar-refractivity contribution in [3.63, 3.8) is 0 Å². The number of amides is 1. The molecule has 1 aliphatic heterocycles. The molecule has 0 aliphatic carbocycles. The Hall–Kier alpha value is -2.47. The maximum atomic E-state index is 12.8. The molecule has 1 N–H and O–H groups in total. The number of benzene rings is 1. The Balaban J connectivity index is 1.81. The van der Waals surface area contributed by atoms with Crippen LogP contribution in [0.2, 0.25) is 0 Å². The molecule has 6 nitrogen and oxygen atoms in total. The van der Waals surface area contributed by atoms with Crippen molar-refractivity contribution < 1.29 is 9.53 Å². The zero-order valence-corrected chi connectivity index (χ0v) is 16.5. The Morgan fingerprint density at radius 2 is 1.67 bits per heavy atom. The van der Waals surface area contributed by atoms with Crippen LogP contribution >= 0.6 is 0 Å². The number of aromatic nitrogens is 2. The highest BCUT2D eigenvalue weighted by atomic mass is 16.5. The van der Waals surface area contributed by atoms with Gasteiger partial charge in [0.25, 0.3) is 5.91 Å². The van der Waals surface area contributed by atoms with Gasteiger partial charge in [-0.05, 0) is 23.0 Å². The van der Waals surface area contributed by atoms with E-state index in [2.05, 4.69) is 66.1 Å². The Labute approximate surface area is 161 Å². The Kier molecular flexibility index (Phi) is 6.06. The highest BCUT2D eigenvalue weighted by Crippen LogP contribution is 2.32.